The lowest BCUT2D eigenvalue weighted by Gasteiger charge is -2.29. The molecule has 2 aromatic rings. The van der Waals surface area contributed by atoms with Crippen LogP contribution in [0.2, 0.25) is 10.0 Å². The molecule has 1 saturated carbocycles. The van der Waals surface area contributed by atoms with Crippen LogP contribution in [0, 0.1) is 6.92 Å². The molecule has 1 amide bonds. The van der Waals surface area contributed by atoms with E-state index in [1.807, 2.05) is 14.0 Å². The minimum atomic E-state index is -5.08. The zero-order chi connectivity index (χ0) is 26.9. The monoisotopic (exact) mass is 551 g/mol. The molecule has 36 heavy (non-hydrogen) atoms. The summed E-state index contributed by atoms with van der Waals surface area (Å²) >= 11 is 11.8. The fourth-order valence-corrected chi connectivity index (χ4v) is 3.60. The Hall–Kier alpha value is -2.99. The summed E-state index contributed by atoms with van der Waals surface area (Å²) in [5, 5.41) is 17.5. The number of amides is 1. The summed E-state index contributed by atoms with van der Waals surface area (Å²) in [7, 11) is 1.85. The first-order chi connectivity index (χ1) is 16.9. The van der Waals surface area contributed by atoms with Crippen molar-refractivity contribution in [1.29, 1.82) is 0 Å². The lowest BCUT2D eigenvalue weighted by atomic mass is 9.91. The molecule has 0 saturated heterocycles. The summed E-state index contributed by atoms with van der Waals surface area (Å²) in [6, 6.07) is 5.36. The molecule has 0 spiro atoms. The quantitative estimate of drug-likeness (QED) is 0.390. The lowest BCUT2D eigenvalue weighted by molar-refractivity contribution is -0.192. The van der Waals surface area contributed by atoms with E-state index >= 15 is 0 Å². The van der Waals surface area contributed by atoms with Crippen LogP contribution in [-0.4, -0.2) is 58.9 Å². The Labute approximate surface area is 215 Å². The molecule has 1 aliphatic carbocycles. The third kappa shape index (κ3) is 9.57. The van der Waals surface area contributed by atoms with Crippen molar-refractivity contribution in [2.24, 2.45) is 0 Å². The number of rotatable bonds is 7. The first-order valence-corrected chi connectivity index (χ1v) is 11.6. The number of carbonyl (C=O) groups is 2. The molecule has 9 nitrogen and oxygen atoms in total. The molecule has 1 fully saturated rings. The second kappa shape index (κ2) is 13.4. The lowest BCUT2D eigenvalue weighted by Crippen LogP contribution is -2.42. The topological polar surface area (TPSA) is 125 Å². The molecule has 0 atom stereocenters. The molecule has 0 bridgehead atoms. The number of anilines is 2. The van der Waals surface area contributed by atoms with E-state index in [-0.39, 0.29) is 18.6 Å². The van der Waals surface area contributed by atoms with Gasteiger partial charge in [0.25, 0.3) is 5.91 Å². The smallest absolute Gasteiger partial charge is 0.484 e. The van der Waals surface area contributed by atoms with Crippen molar-refractivity contribution in [3.05, 3.63) is 40.0 Å². The number of ether oxygens (including phenoxy) is 1. The molecule has 1 aromatic carbocycles. The number of nitrogens with zero attached hydrogens (tertiary/aromatic N) is 2. The van der Waals surface area contributed by atoms with Crippen LogP contribution in [0.25, 0.3) is 0 Å². The molecule has 1 heterocycles. The van der Waals surface area contributed by atoms with Gasteiger partial charge in [-0.25, -0.2) is 9.78 Å². The van der Waals surface area contributed by atoms with Gasteiger partial charge in [-0.1, -0.05) is 23.2 Å². The summed E-state index contributed by atoms with van der Waals surface area (Å²) in [4.78, 5) is 29.9. The fraction of sp³-hybridized carbons (Fsp3) is 0.455. The van der Waals surface area contributed by atoms with Gasteiger partial charge in [0, 0.05) is 37.0 Å². The molecule has 3 rings (SSSR count). The molecule has 1 aromatic heterocycles. The molecule has 4 N–H and O–H groups in total. The highest BCUT2D eigenvalue weighted by molar-refractivity contribution is 6.42. The summed E-state index contributed by atoms with van der Waals surface area (Å²) < 4.78 is 37.2. The Morgan fingerprint density at radius 3 is 2.31 bits per heavy atom. The van der Waals surface area contributed by atoms with E-state index < -0.39 is 12.1 Å². The van der Waals surface area contributed by atoms with Gasteiger partial charge in [0.15, 0.2) is 6.61 Å². The van der Waals surface area contributed by atoms with Crippen molar-refractivity contribution < 1.29 is 32.6 Å². The summed E-state index contributed by atoms with van der Waals surface area (Å²) in [6.45, 7) is 1.91. The normalized spacial score (nSPS) is 17.3. The van der Waals surface area contributed by atoms with Gasteiger partial charge in [-0.2, -0.15) is 18.2 Å². The van der Waals surface area contributed by atoms with Crippen molar-refractivity contribution in [3.63, 3.8) is 0 Å². The highest BCUT2D eigenvalue weighted by atomic mass is 35.5. The first kappa shape index (κ1) is 29.2. The van der Waals surface area contributed by atoms with Gasteiger partial charge in [-0.05, 0) is 44.7 Å². The first-order valence-electron chi connectivity index (χ1n) is 10.8. The minimum absolute atomic E-state index is 0.0554. The van der Waals surface area contributed by atoms with E-state index in [2.05, 4.69) is 25.9 Å². The molecule has 0 radical (unpaired) electrons. The highest BCUT2D eigenvalue weighted by Gasteiger charge is 2.38. The second-order valence-electron chi connectivity index (χ2n) is 7.90. The number of aromatic nitrogens is 2. The van der Waals surface area contributed by atoms with Crippen molar-refractivity contribution >= 4 is 46.8 Å². The highest BCUT2D eigenvalue weighted by Crippen LogP contribution is 2.26. The predicted octanol–water partition coefficient (Wildman–Crippen LogP) is 4.69. The van der Waals surface area contributed by atoms with E-state index in [1.54, 1.807) is 24.4 Å². The van der Waals surface area contributed by atoms with E-state index in [1.165, 1.54) is 0 Å². The maximum Gasteiger partial charge on any atom is 0.490 e. The third-order valence-corrected chi connectivity index (χ3v) is 5.88. The fourth-order valence-electron chi connectivity index (χ4n) is 3.31. The van der Waals surface area contributed by atoms with E-state index in [0.29, 0.717) is 27.8 Å². The van der Waals surface area contributed by atoms with E-state index in [9.17, 15) is 18.0 Å². The number of hydrogen-bond acceptors (Lipinski definition) is 7. The van der Waals surface area contributed by atoms with E-state index in [4.69, 9.17) is 37.8 Å². The largest absolute Gasteiger partial charge is 0.490 e. The van der Waals surface area contributed by atoms with Crippen molar-refractivity contribution in [2.75, 3.05) is 24.3 Å². The molecule has 14 heteroatoms. The Balaban J connectivity index is 0.000000572. The SMILES string of the molecule is CNc1nc(NC2CCC(NC(=O)COc3ccc(Cl)c(Cl)c3)CC2)ncc1C.O=C(O)C(F)(F)F. The van der Waals surface area contributed by atoms with Gasteiger partial charge < -0.3 is 25.8 Å². The number of carboxylic acids is 1. The standard InChI is InChI=1S/C20H25Cl2N5O2.C2HF3O2/c1-12-10-24-20(27-19(12)23-2)26-14-5-3-13(4-6-14)25-18(28)11-29-15-7-8-16(21)17(22)9-15;3-2(4,5)1(6)7/h7-10,13-14H,3-6,11H2,1-2H3,(H,25,28)(H2,23,24,26,27);(H,6,7). The Kier molecular flexibility index (Phi) is 10.8. The molecule has 1 aliphatic rings. The average molecular weight is 552 g/mol. The van der Waals surface area contributed by atoms with Crippen LogP contribution in [0.1, 0.15) is 31.2 Å². The number of carbonyl (C=O) groups excluding carboxylic acids is 1. The zero-order valence-corrected chi connectivity index (χ0v) is 21.0. The number of hydrogen-bond donors (Lipinski definition) is 4. The maximum atomic E-state index is 12.2. The van der Waals surface area contributed by atoms with Gasteiger partial charge in [-0.3, -0.25) is 4.79 Å². The number of aliphatic carboxylic acids is 1. The Bertz CT molecular complexity index is 1050. The van der Waals surface area contributed by atoms with Crippen LogP contribution in [0.15, 0.2) is 24.4 Å². The van der Waals surface area contributed by atoms with Crippen LogP contribution in [0.4, 0.5) is 24.9 Å². The van der Waals surface area contributed by atoms with Crippen LogP contribution in [-0.2, 0) is 9.59 Å². The Morgan fingerprint density at radius 2 is 1.75 bits per heavy atom. The van der Waals surface area contributed by atoms with Gasteiger partial charge in [0.05, 0.1) is 10.0 Å². The minimum Gasteiger partial charge on any atom is -0.484 e. The molecular formula is C22H26Cl2F3N5O4. The number of carboxylic acid groups (broad SMARTS) is 1. The summed E-state index contributed by atoms with van der Waals surface area (Å²) in [6.07, 6.45) is 0.373. The van der Waals surface area contributed by atoms with E-state index in [0.717, 1.165) is 37.1 Å². The van der Waals surface area contributed by atoms with Gasteiger partial charge in [0.2, 0.25) is 5.95 Å². The van der Waals surface area contributed by atoms with Crippen molar-refractivity contribution in [2.45, 2.75) is 50.9 Å². The number of aryl methyl sites for hydroxylation is 1. The number of benzene rings is 1. The predicted molar refractivity (Wildman–Crippen MR) is 130 cm³/mol. The van der Waals surface area contributed by atoms with Gasteiger partial charge in [-0.15, -0.1) is 0 Å². The molecule has 0 aliphatic heterocycles. The number of alkyl halides is 3. The van der Waals surface area contributed by atoms with Crippen LogP contribution >= 0.6 is 23.2 Å². The summed E-state index contributed by atoms with van der Waals surface area (Å²) in [5.74, 6) is -0.935. The average Bonchev–Trinajstić information content (AvgIpc) is 2.82. The van der Waals surface area contributed by atoms with Crippen LogP contribution in [0.3, 0.4) is 0 Å². The van der Waals surface area contributed by atoms with Crippen molar-refractivity contribution in [1.82, 2.24) is 15.3 Å². The molecular weight excluding hydrogens is 526 g/mol. The van der Waals surface area contributed by atoms with Crippen molar-refractivity contribution in [3.8, 4) is 5.75 Å². The summed E-state index contributed by atoms with van der Waals surface area (Å²) in [5.41, 5.74) is 1.01. The van der Waals surface area contributed by atoms with Crippen LogP contribution in [0.5, 0.6) is 5.75 Å². The third-order valence-electron chi connectivity index (χ3n) is 5.14. The maximum absolute atomic E-state index is 12.2. The molecule has 0 unspecified atom stereocenters. The van der Waals surface area contributed by atoms with Gasteiger partial charge >= 0.3 is 12.1 Å². The second-order valence-corrected chi connectivity index (χ2v) is 8.72. The Morgan fingerprint density at radius 1 is 1.14 bits per heavy atom. The van der Waals surface area contributed by atoms with Gasteiger partial charge in [0.1, 0.15) is 11.6 Å². The molecule has 198 valence electrons. The number of nitrogens with one attached hydrogen (secondary N) is 3. The van der Waals surface area contributed by atoms with Crippen LogP contribution < -0.4 is 20.7 Å². The number of halogens is 5. The zero-order valence-electron chi connectivity index (χ0n) is 19.5.